The molecule has 1 aliphatic rings. The number of anilines is 1. The molecular weight excluding hydrogens is 286 g/mol. The smallest absolute Gasteiger partial charge is 0.135 e. The van der Waals surface area contributed by atoms with Crippen molar-refractivity contribution in [2.24, 2.45) is 0 Å². The highest BCUT2D eigenvalue weighted by atomic mass is 16.5. The van der Waals surface area contributed by atoms with Crippen molar-refractivity contribution in [3.05, 3.63) is 47.9 Å². The third kappa shape index (κ3) is 3.31. The lowest BCUT2D eigenvalue weighted by molar-refractivity contribution is 0.414. The van der Waals surface area contributed by atoms with Gasteiger partial charge in [0, 0.05) is 18.2 Å². The highest BCUT2D eigenvalue weighted by molar-refractivity contribution is 5.45. The van der Waals surface area contributed by atoms with Gasteiger partial charge in [-0.05, 0) is 36.6 Å². The quantitative estimate of drug-likeness (QED) is 0.854. The van der Waals surface area contributed by atoms with Gasteiger partial charge in [-0.2, -0.15) is 0 Å². The Balaban J connectivity index is 1.92. The second-order valence-corrected chi connectivity index (χ2v) is 7.12. The molecule has 1 saturated heterocycles. The number of ether oxygens (including phenoxy) is 1. The predicted octanol–water partition coefficient (Wildman–Crippen LogP) is 4.12. The first kappa shape index (κ1) is 15.8. The molecule has 1 unspecified atom stereocenters. The third-order valence-corrected chi connectivity index (χ3v) is 4.34. The molecule has 0 aliphatic carbocycles. The lowest BCUT2D eigenvalue weighted by Gasteiger charge is -2.27. The zero-order valence-corrected chi connectivity index (χ0v) is 14.4. The first-order chi connectivity index (χ1) is 11.0. The van der Waals surface area contributed by atoms with Crippen LogP contribution in [0.4, 0.5) is 5.82 Å². The van der Waals surface area contributed by atoms with E-state index in [-0.39, 0.29) is 5.41 Å². The van der Waals surface area contributed by atoms with Crippen LogP contribution in [0.3, 0.4) is 0 Å². The van der Waals surface area contributed by atoms with Crippen molar-refractivity contribution in [2.75, 3.05) is 18.6 Å². The molecule has 0 spiro atoms. The third-order valence-electron chi connectivity index (χ3n) is 4.34. The number of benzene rings is 1. The van der Waals surface area contributed by atoms with E-state index in [1.165, 1.54) is 12.0 Å². The van der Waals surface area contributed by atoms with Crippen molar-refractivity contribution in [3.63, 3.8) is 0 Å². The summed E-state index contributed by atoms with van der Waals surface area (Å²) in [5, 5.41) is 0. The largest absolute Gasteiger partial charge is 0.497 e. The zero-order valence-electron chi connectivity index (χ0n) is 14.4. The van der Waals surface area contributed by atoms with Crippen LogP contribution in [0.2, 0.25) is 0 Å². The van der Waals surface area contributed by atoms with Crippen molar-refractivity contribution in [2.45, 2.75) is 45.1 Å². The minimum absolute atomic E-state index is 0.0405. The van der Waals surface area contributed by atoms with Gasteiger partial charge < -0.3 is 9.64 Å². The average Bonchev–Trinajstić information content (AvgIpc) is 3.04. The molecule has 0 amide bonds. The van der Waals surface area contributed by atoms with Crippen LogP contribution in [0, 0.1) is 0 Å². The van der Waals surface area contributed by atoms with Gasteiger partial charge in [-0.15, -0.1) is 0 Å². The van der Waals surface area contributed by atoms with Crippen LogP contribution < -0.4 is 9.64 Å². The van der Waals surface area contributed by atoms with E-state index < -0.39 is 0 Å². The molecule has 0 bridgehead atoms. The van der Waals surface area contributed by atoms with Gasteiger partial charge in [-0.1, -0.05) is 32.9 Å². The first-order valence-electron chi connectivity index (χ1n) is 8.23. The summed E-state index contributed by atoms with van der Waals surface area (Å²) in [5.74, 6) is 2.83. The second-order valence-electron chi connectivity index (χ2n) is 7.12. The van der Waals surface area contributed by atoms with Crippen molar-refractivity contribution in [1.29, 1.82) is 0 Å². The minimum atomic E-state index is -0.0405. The molecule has 0 saturated carbocycles. The predicted molar refractivity (Wildman–Crippen MR) is 93.0 cm³/mol. The Morgan fingerprint density at radius 2 is 2.04 bits per heavy atom. The van der Waals surface area contributed by atoms with Crippen LogP contribution in [-0.2, 0) is 5.41 Å². The summed E-state index contributed by atoms with van der Waals surface area (Å²) in [5.41, 5.74) is 1.25. The van der Waals surface area contributed by atoms with Crippen LogP contribution >= 0.6 is 0 Å². The minimum Gasteiger partial charge on any atom is -0.497 e. The van der Waals surface area contributed by atoms with Crippen molar-refractivity contribution >= 4 is 5.82 Å². The Hall–Kier alpha value is -2.10. The van der Waals surface area contributed by atoms with E-state index >= 15 is 0 Å². The summed E-state index contributed by atoms with van der Waals surface area (Å²) in [6.07, 6.45) is 4.20. The average molecular weight is 311 g/mol. The standard InChI is InChI=1S/C19H25N3O/c1-19(2,3)18-20-11-10-17(21-18)22-12-6-9-16(22)14-7-5-8-15(13-14)23-4/h5,7-8,10-11,13,16H,6,9,12H2,1-4H3. The maximum Gasteiger partial charge on any atom is 0.135 e. The van der Waals surface area contributed by atoms with Gasteiger partial charge in [0.05, 0.1) is 13.2 Å². The number of aromatic nitrogens is 2. The fraction of sp³-hybridized carbons (Fsp3) is 0.474. The van der Waals surface area contributed by atoms with Gasteiger partial charge in [-0.25, -0.2) is 9.97 Å². The molecule has 2 heterocycles. The SMILES string of the molecule is COc1cccc(C2CCCN2c2ccnc(C(C)(C)C)n2)c1. The summed E-state index contributed by atoms with van der Waals surface area (Å²) in [6, 6.07) is 10.7. The Kier molecular flexibility index (Phi) is 4.24. The molecule has 1 aromatic heterocycles. The highest BCUT2D eigenvalue weighted by Crippen LogP contribution is 2.36. The number of hydrogen-bond donors (Lipinski definition) is 0. The lowest BCUT2D eigenvalue weighted by Crippen LogP contribution is -2.25. The van der Waals surface area contributed by atoms with Crippen molar-refractivity contribution < 1.29 is 4.74 Å². The van der Waals surface area contributed by atoms with Gasteiger partial charge in [0.2, 0.25) is 0 Å². The first-order valence-corrected chi connectivity index (χ1v) is 8.23. The lowest BCUT2D eigenvalue weighted by atomic mass is 9.96. The van der Waals surface area contributed by atoms with E-state index in [9.17, 15) is 0 Å². The number of nitrogens with zero attached hydrogens (tertiary/aromatic N) is 3. The van der Waals surface area contributed by atoms with Gasteiger partial charge in [-0.3, -0.25) is 0 Å². The molecular formula is C19H25N3O. The maximum absolute atomic E-state index is 5.38. The van der Waals surface area contributed by atoms with E-state index in [0.717, 1.165) is 30.4 Å². The molecule has 0 N–H and O–H groups in total. The van der Waals surface area contributed by atoms with Crippen LogP contribution in [-0.4, -0.2) is 23.6 Å². The molecule has 1 atom stereocenters. The summed E-state index contributed by atoms with van der Waals surface area (Å²) in [4.78, 5) is 11.7. The normalized spacial score (nSPS) is 18.3. The highest BCUT2D eigenvalue weighted by Gasteiger charge is 2.28. The second kappa shape index (κ2) is 6.19. The Bertz CT molecular complexity index is 678. The monoisotopic (exact) mass is 311 g/mol. The van der Waals surface area contributed by atoms with E-state index in [1.54, 1.807) is 7.11 Å². The molecule has 122 valence electrons. The van der Waals surface area contributed by atoms with Crippen molar-refractivity contribution in [1.82, 2.24) is 9.97 Å². The number of methoxy groups -OCH3 is 1. The molecule has 4 heteroatoms. The molecule has 1 fully saturated rings. The fourth-order valence-electron chi connectivity index (χ4n) is 3.11. The van der Waals surface area contributed by atoms with Gasteiger partial charge >= 0.3 is 0 Å². The van der Waals surface area contributed by atoms with Crippen LogP contribution in [0.25, 0.3) is 0 Å². The van der Waals surface area contributed by atoms with Crippen LogP contribution in [0.15, 0.2) is 36.5 Å². The Morgan fingerprint density at radius 1 is 1.22 bits per heavy atom. The topological polar surface area (TPSA) is 38.2 Å². The zero-order chi connectivity index (χ0) is 16.4. The van der Waals surface area contributed by atoms with Crippen LogP contribution in [0.5, 0.6) is 5.75 Å². The maximum atomic E-state index is 5.38. The molecule has 2 aromatic rings. The fourth-order valence-corrected chi connectivity index (χ4v) is 3.11. The number of hydrogen-bond acceptors (Lipinski definition) is 4. The summed E-state index contributed by atoms with van der Waals surface area (Å²) in [6.45, 7) is 7.48. The van der Waals surface area contributed by atoms with Gasteiger partial charge in [0.15, 0.2) is 0 Å². The Labute approximate surface area is 138 Å². The molecule has 1 aromatic carbocycles. The molecule has 1 aliphatic heterocycles. The van der Waals surface area contributed by atoms with E-state index in [0.29, 0.717) is 6.04 Å². The number of rotatable bonds is 3. The Morgan fingerprint density at radius 3 is 2.78 bits per heavy atom. The van der Waals surface area contributed by atoms with Gasteiger partial charge in [0.1, 0.15) is 17.4 Å². The molecule has 3 rings (SSSR count). The molecule has 23 heavy (non-hydrogen) atoms. The van der Waals surface area contributed by atoms with Crippen molar-refractivity contribution in [3.8, 4) is 5.75 Å². The summed E-state index contributed by atoms with van der Waals surface area (Å²) < 4.78 is 5.38. The van der Waals surface area contributed by atoms with Gasteiger partial charge in [0.25, 0.3) is 0 Å². The summed E-state index contributed by atoms with van der Waals surface area (Å²) in [7, 11) is 1.71. The van der Waals surface area contributed by atoms with Crippen LogP contribution in [0.1, 0.15) is 51.0 Å². The van der Waals surface area contributed by atoms with E-state index in [2.05, 4.69) is 48.9 Å². The van der Waals surface area contributed by atoms with E-state index in [4.69, 9.17) is 9.72 Å². The van der Waals surface area contributed by atoms with E-state index in [1.807, 2.05) is 18.3 Å². The molecule has 4 nitrogen and oxygen atoms in total. The summed E-state index contributed by atoms with van der Waals surface area (Å²) >= 11 is 0. The molecule has 0 radical (unpaired) electrons.